The molecule has 3 aromatic carbocycles. The predicted molar refractivity (Wildman–Crippen MR) is 161 cm³/mol. The summed E-state index contributed by atoms with van der Waals surface area (Å²) >= 11 is 0. The van der Waals surface area contributed by atoms with Crippen molar-refractivity contribution in [2.24, 2.45) is 7.05 Å². The van der Waals surface area contributed by atoms with Gasteiger partial charge in [-0.15, -0.1) is 0 Å². The third-order valence-corrected chi connectivity index (χ3v) is 7.77. The molecular weight excluding hydrogens is 516 g/mol. The van der Waals surface area contributed by atoms with Gasteiger partial charge < -0.3 is 20.1 Å². The van der Waals surface area contributed by atoms with E-state index in [9.17, 15) is 14.9 Å². The van der Waals surface area contributed by atoms with Crippen molar-refractivity contribution >= 4 is 34.2 Å². The van der Waals surface area contributed by atoms with Crippen LogP contribution in [-0.2, 0) is 18.3 Å². The van der Waals surface area contributed by atoms with E-state index < -0.39 is 4.92 Å². The van der Waals surface area contributed by atoms with E-state index in [0.717, 1.165) is 48.6 Å². The van der Waals surface area contributed by atoms with Gasteiger partial charge in [-0.1, -0.05) is 42.8 Å². The van der Waals surface area contributed by atoms with Crippen molar-refractivity contribution in [2.45, 2.75) is 25.7 Å². The number of aromatic nitrogens is 2. The lowest BCUT2D eigenvalue weighted by Crippen LogP contribution is -2.31. The Kier molecular flexibility index (Phi) is 7.35. The second-order valence-corrected chi connectivity index (χ2v) is 10.7. The molecule has 41 heavy (non-hydrogen) atoms. The highest BCUT2D eigenvalue weighted by Crippen LogP contribution is 2.39. The van der Waals surface area contributed by atoms with Crippen molar-refractivity contribution in [2.75, 3.05) is 30.3 Å². The maximum atomic E-state index is 13.3. The van der Waals surface area contributed by atoms with Gasteiger partial charge in [-0.2, -0.15) is 0 Å². The van der Waals surface area contributed by atoms with E-state index >= 15 is 0 Å². The van der Waals surface area contributed by atoms with Gasteiger partial charge in [0.15, 0.2) is 0 Å². The van der Waals surface area contributed by atoms with Crippen molar-refractivity contribution < 1.29 is 9.72 Å². The molecule has 1 saturated heterocycles. The van der Waals surface area contributed by atoms with Gasteiger partial charge in [0.05, 0.1) is 28.2 Å². The minimum Gasteiger partial charge on any atom is -0.354 e. The van der Waals surface area contributed by atoms with Gasteiger partial charge in [0.2, 0.25) is 0 Å². The van der Waals surface area contributed by atoms with Gasteiger partial charge in [-0.05, 0) is 61.7 Å². The number of aryl methyl sites for hydroxylation is 1. The minimum atomic E-state index is -0.443. The van der Waals surface area contributed by atoms with E-state index in [1.165, 1.54) is 37.0 Å². The fraction of sp³-hybridized carbons (Fsp3) is 0.250. The van der Waals surface area contributed by atoms with Gasteiger partial charge in [-0.25, -0.2) is 4.98 Å². The average molecular weight is 549 g/mol. The van der Waals surface area contributed by atoms with Crippen LogP contribution < -0.4 is 10.6 Å². The van der Waals surface area contributed by atoms with Crippen molar-refractivity contribution in [3.63, 3.8) is 0 Å². The molecule has 1 amide bonds. The summed E-state index contributed by atoms with van der Waals surface area (Å²) in [6, 6.07) is 20.5. The molecule has 2 aliphatic rings. The quantitative estimate of drug-likeness (QED) is 0.160. The summed E-state index contributed by atoms with van der Waals surface area (Å²) in [6.45, 7) is 3.36. The molecule has 6 rings (SSSR count). The number of anilines is 2. The maximum absolute atomic E-state index is 13.3. The number of non-ortho nitro benzene ring substituents is 1. The van der Waals surface area contributed by atoms with Crippen LogP contribution in [-0.4, -0.2) is 44.9 Å². The highest BCUT2D eigenvalue weighted by Gasteiger charge is 2.30. The largest absolute Gasteiger partial charge is 0.354 e. The molecule has 2 aliphatic heterocycles. The van der Waals surface area contributed by atoms with E-state index in [2.05, 4.69) is 32.7 Å². The molecule has 0 bridgehead atoms. The molecule has 0 radical (unpaired) electrons. The number of likely N-dealkylation sites (tertiary alicyclic amines) is 1. The Morgan fingerprint density at radius 3 is 2.46 bits per heavy atom. The zero-order valence-corrected chi connectivity index (χ0v) is 23.0. The first-order valence-corrected chi connectivity index (χ1v) is 14.0. The number of benzene rings is 3. The summed E-state index contributed by atoms with van der Waals surface area (Å²) in [4.78, 5) is 31.3. The van der Waals surface area contributed by atoms with Crippen LogP contribution >= 0.6 is 0 Å². The summed E-state index contributed by atoms with van der Waals surface area (Å²) in [6.07, 6.45) is 8.54. The van der Waals surface area contributed by atoms with Crippen LogP contribution in [0.4, 0.5) is 17.1 Å². The Bertz CT molecular complexity index is 1620. The van der Waals surface area contributed by atoms with Crippen molar-refractivity contribution in [3.05, 3.63) is 106 Å². The number of carbonyl (C=O) groups excluding carboxylic acids is 1. The standard InChI is InChI=1S/C32H32N6O3/c1-36-20-29(33-21-36)23-9-11-25(12-10-23)34-31(30-27-19-26(38(40)41)13-14-28(27)35-32(30)39)24-7-5-22(6-8-24)15-18-37-16-3-2-4-17-37/h5-14,19-21,34H,2-4,15-18H2,1H3,(H,35,39). The van der Waals surface area contributed by atoms with Gasteiger partial charge >= 0.3 is 0 Å². The fourth-order valence-corrected chi connectivity index (χ4v) is 5.53. The zero-order valence-electron chi connectivity index (χ0n) is 23.0. The lowest BCUT2D eigenvalue weighted by atomic mass is 9.98. The number of piperidine rings is 1. The van der Waals surface area contributed by atoms with Gasteiger partial charge in [0, 0.05) is 54.4 Å². The summed E-state index contributed by atoms with van der Waals surface area (Å²) < 4.78 is 1.90. The van der Waals surface area contributed by atoms with Crippen LogP contribution in [0.3, 0.4) is 0 Å². The lowest BCUT2D eigenvalue weighted by Gasteiger charge is -2.26. The van der Waals surface area contributed by atoms with E-state index in [4.69, 9.17) is 0 Å². The SMILES string of the molecule is Cn1cnc(-c2ccc(NC(=C3C(=O)Nc4ccc([N+](=O)[O-])cc43)c3ccc(CCN4CCCCC4)cc3)cc2)c1. The Labute approximate surface area is 238 Å². The smallest absolute Gasteiger partial charge is 0.270 e. The molecule has 0 unspecified atom stereocenters. The average Bonchev–Trinajstić information content (AvgIpc) is 3.57. The second-order valence-electron chi connectivity index (χ2n) is 10.7. The van der Waals surface area contributed by atoms with E-state index in [1.54, 1.807) is 12.4 Å². The van der Waals surface area contributed by atoms with Crippen LogP contribution in [0.15, 0.2) is 79.3 Å². The third-order valence-electron chi connectivity index (χ3n) is 7.77. The number of nitro groups is 1. The molecule has 0 saturated carbocycles. The molecule has 0 aliphatic carbocycles. The lowest BCUT2D eigenvalue weighted by molar-refractivity contribution is -0.384. The Morgan fingerprint density at radius 1 is 1.02 bits per heavy atom. The molecule has 3 heterocycles. The molecular formula is C32H32N6O3. The first-order chi connectivity index (χ1) is 19.9. The van der Waals surface area contributed by atoms with Crippen LogP contribution in [0.2, 0.25) is 0 Å². The van der Waals surface area contributed by atoms with Crippen molar-refractivity contribution in [3.8, 4) is 11.3 Å². The molecule has 1 fully saturated rings. The molecule has 0 atom stereocenters. The number of nitrogens with one attached hydrogen (secondary N) is 2. The van der Waals surface area contributed by atoms with E-state index in [0.29, 0.717) is 22.5 Å². The second kappa shape index (κ2) is 11.4. The third kappa shape index (κ3) is 5.76. The number of carbonyl (C=O) groups is 1. The van der Waals surface area contributed by atoms with Crippen LogP contribution in [0.5, 0.6) is 0 Å². The molecule has 4 aromatic rings. The number of fused-ring (bicyclic) bond motifs is 1. The predicted octanol–water partition coefficient (Wildman–Crippen LogP) is 5.96. The molecule has 2 N–H and O–H groups in total. The summed E-state index contributed by atoms with van der Waals surface area (Å²) in [5, 5.41) is 17.9. The van der Waals surface area contributed by atoms with Crippen LogP contribution in [0.25, 0.3) is 22.5 Å². The summed E-state index contributed by atoms with van der Waals surface area (Å²) in [7, 11) is 1.93. The molecule has 9 heteroatoms. The van der Waals surface area contributed by atoms with Crippen molar-refractivity contribution in [1.82, 2.24) is 14.5 Å². The number of hydrogen-bond donors (Lipinski definition) is 2. The monoisotopic (exact) mass is 548 g/mol. The van der Waals surface area contributed by atoms with Gasteiger partial charge in [0.25, 0.3) is 11.6 Å². The molecule has 0 spiro atoms. The van der Waals surface area contributed by atoms with Crippen molar-refractivity contribution in [1.29, 1.82) is 0 Å². The van der Waals surface area contributed by atoms with Crippen LogP contribution in [0.1, 0.15) is 36.0 Å². The number of rotatable bonds is 8. The fourth-order valence-electron chi connectivity index (χ4n) is 5.53. The minimum absolute atomic E-state index is 0.0649. The highest BCUT2D eigenvalue weighted by molar-refractivity contribution is 6.37. The van der Waals surface area contributed by atoms with E-state index in [-0.39, 0.29) is 11.6 Å². The molecule has 208 valence electrons. The number of nitrogens with zero attached hydrogens (tertiary/aromatic N) is 4. The number of nitro benzene ring substituents is 1. The zero-order chi connectivity index (χ0) is 28.3. The number of amides is 1. The van der Waals surface area contributed by atoms with Gasteiger partial charge in [0.1, 0.15) is 0 Å². The Hall–Kier alpha value is -4.76. The molecule has 1 aromatic heterocycles. The summed E-state index contributed by atoms with van der Waals surface area (Å²) in [5.74, 6) is -0.303. The normalized spacial score (nSPS) is 16.3. The molecule has 9 nitrogen and oxygen atoms in total. The number of hydrogen-bond acceptors (Lipinski definition) is 6. The number of imidazole rings is 1. The highest BCUT2D eigenvalue weighted by atomic mass is 16.6. The Morgan fingerprint density at radius 2 is 1.78 bits per heavy atom. The Balaban J connectivity index is 1.34. The first-order valence-electron chi connectivity index (χ1n) is 14.0. The summed E-state index contributed by atoms with van der Waals surface area (Å²) in [5.41, 5.74) is 6.65. The topological polar surface area (TPSA) is 105 Å². The first kappa shape index (κ1) is 26.5. The van der Waals surface area contributed by atoms with Crippen LogP contribution in [0, 0.1) is 10.1 Å². The van der Waals surface area contributed by atoms with E-state index in [1.807, 2.05) is 54.2 Å². The van der Waals surface area contributed by atoms with Gasteiger partial charge in [-0.3, -0.25) is 14.9 Å². The maximum Gasteiger partial charge on any atom is 0.270 e.